The van der Waals surface area contributed by atoms with Gasteiger partial charge in [0.1, 0.15) is 5.82 Å². The van der Waals surface area contributed by atoms with Crippen LogP contribution in [0.4, 0.5) is 19.0 Å². The lowest BCUT2D eigenvalue weighted by Gasteiger charge is -2.31. The smallest absolute Gasteiger partial charge is 0.352 e. The van der Waals surface area contributed by atoms with Crippen molar-refractivity contribution in [3.05, 3.63) is 23.9 Å². The van der Waals surface area contributed by atoms with E-state index in [1.54, 1.807) is 0 Å². The number of nitrogens with zero attached hydrogens (tertiary/aromatic N) is 2. The summed E-state index contributed by atoms with van der Waals surface area (Å²) in [6, 6.07) is 2.53. The van der Waals surface area contributed by atoms with Crippen LogP contribution in [0.2, 0.25) is 0 Å². The molecule has 1 saturated heterocycles. The van der Waals surface area contributed by atoms with Crippen LogP contribution in [0.3, 0.4) is 0 Å². The molecule has 0 aromatic carbocycles. The molecule has 106 valence electrons. The second kappa shape index (κ2) is 6.11. The Balaban J connectivity index is 2.38. The van der Waals surface area contributed by atoms with Gasteiger partial charge in [-0.25, -0.2) is 4.98 Å². The highest BCUT2D eigenvalue weighted by Gasteiger charge is 2.37. The first kappa shape index (κ1) is 14.6. The summed E-state index contributed by atoms with van der Waals surface area (Å²) < 4.78 is 39.2. The van der Waals surface area contributed by atoms with Gasteiger partial charge in [-0.05, 0) is 25.0 Å². The predicted octanol–water partition coefficient (Wildman–Crippen LogP) is 4.24. The van der Waals surface area contributed by atoms with E-state index >= 15 is 0 Å². The Morgan fingerprint density at radius 3 is 2.79 bits per heavy atom. The molecular formula is C13H16BrF3N2. The molecule has 2 nitrogen and oxygen atoms in total. The summed E-state index contributed by atoms with van der Waals surface area (Å²) in [6.07, 6.45) is 1.01. The third-order valence-corrected chi connectivity index (χ3v) is 4.17. The van der Waals surface area contributed by atoms with Gasteiger partial charge in [0.2, 0.25) is 0 Å². The SMILES string of the molecule is FC(F)(F)c1cccnc1N1CCCCCC1CBr. The van der Waals surface area contributed by atoms with Crippen molar-refractivity contribution in [3.8, 4) is 0 Å². The molecule has 1 atom stereocenters. The van der Waals surface area contributed by atoms with Crippen LogP contribution in [-0.2, 0) is 6.18 Å². The van der Waals surface area contributed by atoms with Gasteiger partial charge in [0.25, 0.3) is 0 Å². The monoisotopic (exact) mass is 336 g/mol. The molecule has 1 aliphatic heterocycles. The van der Waals surface area contributed by atoms with E-state index in [2.05, 4.69) is 20.9 Å². The van der Waals surface area contributed by atoms with Crippen LogP contribution in [0.5, 0.6) is 0 Å². The van der Waals surface area contributed by atoms with Gasteiger partial charge in [0.05, 0.1) is 5.56 Å². The second-order valence-electron chi connectivity index (χ2n) is 4.72. The highest BCUT2D eigenvalue weighted by molar-refractivity contribution is 9.09. The Morgan fingerprint density at radius 1 is 1.32 bits per heavy atom. The van der Waals surface area contributed by atoms with Crippen molar-refractivity contribution in [2.45, 2.75) is 37.9 Å². The van der Waals surface area contributed by atoms with E-state index in [-0.39, 0.29) is 11.9 Å². The van der Waals surface area contributed by atoms with Gasteiger partial charge in [-0.1, -0.05) is 28.8 Å². The fourth-order valence-corrected chi connectivity index (χ4v) is 3.14. The van der Waals surface area contributed by atoms with Crippen molar-refractivity contribution in [3.63, 3.8) is 0 Å². The maximum absolute atomic E-state index is 13.1. The van der Waals surface area contributed by atoms with Crippen LogP contribution in [0.15, 0.2) is 18.3 Å². The van der Waals surface area contributed by atoms with Crippen LogP contribution >= 0.6 is 15.9 Å². The number of alkyl halides is 4. The Hall–Kier alpha value is -0.780. The zero-order chi connectivity index (χ0) is 13.9. The fraction of sp³-hybridized carbons (Fsp3) is 0.615. The van der Waals surface area contributed by atoms with Gasteiger partial charge in [-0.3, -0.25) is 0 Å². The summed E-state index contributed by atoms with van der Waals surface area (Å²) in [5.41, 5.74) is -0.636. The average molecular weight is 337 g/mol. The van der Waals surface area contributed by atoms with Crippen molar-refractivity contribution >= 4 is 21.7 Å². The molecule has 19 heavy (non-hydrogen) atoms. The van der Waals surface area contributed by atoms with E-state index < -0.39 is 11.7 Å². The van der Waals surface area contributed by atoms with Crippen molar-refractivity contribution in [1.29, 1.82) is 0 Å². The minimum absolute atomic E-state index is 0.0707. The van der Waals surface area contributed by atoms with Crippen LogP contribution in [0.1, 0.15) is 31.2 Å². The molecular weight excluding hydrogens is 321 g/mol. The van der Waals surface area contributed by atoms with Gasteiger partial charge in [-0.2, -0.15) is 13.2 Å². The van der Waals surface area contributed by atoms with E-state index in [1.165, 1.54) is 12.3 Å². The van der Waals surface area contributed by atoms with E-state index in [0.29, 0.717) is 11.9 Å². The molecule has 0 spiro atoms. The van der Waals surface area contributed by atoms with Crippen molar-refractivity contribution in [2.24, 2.45) is 0 Å². The van der Waals surface area contributed by atoms with Gasteiger partial charge >= 0.3 is 6.18 Å². The number of anilines is 1. The van der Waals surface area contributed by atoms with Crippen LogP contribution in [-0.4, -0.2) is 22.9 Å². The molecule has 1 aliphatic rings. The average Bonchev–Trinajstić information content (AvgIpc) is 2.62. The number of hydrogen-bond acceptors (Lipinski definition) is 2. The third kappa shape index (κ3) is 3.41. The summed E-state index contributed by atoms with van der Waals surface area (Å²) in [5, 5.41) is 0.668. The van der Waals surface area contributed by atoms with E-state index in [4.69, 9.17) is 0 Å². The molecule has 1 fully saturated rings. The van der Waals surface area contributed by atoms with Crippen molar-refractivity contribution in [1.82, 2.24) is 4.98 Å². The Kier molecular flexibility index (Phi) is 4.71. The summed E-state index contributed by atoms with van der Waals surface area (Å²) in [7, 11) is 0. The van der Waals surface area contributed by atoms with Crippen molar-refractivity contribution in [2.75, 3.05) is 16.8 Å². The molecule has 0 bridgehead atoms. The van der Waals surface area contributed by atoms with Crippen LogP contribution < -0.4 is 4.90 Å². The molecule has 0 saturated carbocycles. The standard InChI is InChI=1S/C13H16BrF3N2/c14-9-10-5-2-1-3-8-19(10)12-11(13(15,16)17)6-4-7-18-12/h4,6-7,10H,1-3,5,8-9H2. The zero-order valence-corrected chi connectivity index (χ0v) is 12.0. The van der Waals surface area contributed by atoms with E-state index in [9.17, 15) is 13.2 Å². The third-order valence-electron chi connectivity index (χ3n) is 3.42. The minimum Gasteiger partial charge on any atom is -0.352 e. The van der Waals surface area contributed by atoms with Gasteiger partial charge in [-0.15, -0.1) is 0 Å². The molecule has 2 rings (SSSR count). The summed E-state index contributed by atoms with van der Waals surface area (Å²) >= 11 is 3.41. The fourth-order valence-electron chi connectivity index (χ4n) is 2.46. The molecule has 2 heterocycles. The summed E-state index contributed by atoms with van der Waals surface area (Å²) in [4.78, 5) is 5.80. The first-order valence-corrected chi connectivity index (χ1v) is 7.51. The summed E-state index contributed by atoms with van der Waals surface area (Å²) in [6.45, 7) is 0.635. The van der Waals surface area contributed by atoms with Crippen LogP contribution in [0, 0.1) is 0 Å². The lowest BCUT2D eigenvalue weighted by molar-refractivity contribution is -0.137. The lowest BCUT2D eigenvalue weighted by atomic mass is 10.1. The lowest BCUT2D eigenvalue weighted by Crippen LogP contribution is -2.38. The Bertz CT molecular complexity index is 423. The number of rotatable bonds is 2. The topological polar surface area (TPSA) is 16.1 Å². The first-order valence-electron chi connectivity index (χ1n) is 6.39. The molecule has 1 aromatic heterocycles. The maximum atomic E-state index is 13.1. The number of pyridine rings is 1. The molecule has 1 unspecified atom stereocenters. The highest BCUT2D eigenvalue weighted by Crippen LogP contribution is 2.37. The van der Waals surface area contributed by atoms with Gasteiger partial charge < -0.3 is 4.90 Å². The normalized spacial score (nSPS) is 21.3. The highest BCUT2D eigenvalue weighted by atomic mass is 79.9. The van der Waals surface area contributed by atoms with Crippen molar-refractivity contribution < 1.29 is 13.2 Å². The molecule has 0 aliphatic carbocycles. The molecule has 0 radical (unpaired) electrons. The van der Waals surface area contributed by atoms with Crippen LogP contribution in [0.25, 0.3) is 0 Å². The van der Waals surface area contributed by atoms with E-state index in [0.717, 1.165) is 31.7 Å². The quantitative estimate of drug-likeness (QED) is 0.751. The minimum atomic E-state index is -4.35. The Morgan fingerprint density at radius 2 is 2.11 bits per heavy atom. The second-order valence-corrected chi connectivity index (χ2v) is 5.37. The molecule has 1 aromatic rings. The van der Waals surface area contributed by atoms with E-state index in [1.807, 2.05) is 4.90 Å². The van der Waals surface area contributed by atoms with Gasteiger partial charge in [0.15, 0.2) is 0 Å². The maximum Gasteiger partial charge on any atom is 0.419 e. The number of hydrogen-bond donors (Lipinski definition) is 0. The predicted molar refractivity (Wildman–Crippen MR) is 72.6 cm³/mol. The molecule has 0 N–H and O–H groups in total. The largest absolute Gasteiger partial charge is 0.419 e. The molecule has 6 heteroatoms. The first-order chi connectivity index (χ1) is 9.04. The Labute approximate surface area is 119 Å². The zero-order valence-electron chi connectivity index (χ0n) is 10.5. The summed E-state index contributed by atoms with van der Waals surface area (Å²) in [5.74, 6) is 0.0707. The van der Waals surface area contributed by atoms with Gasteiger partial charge in [0, 0.05) is 24.1 Å². The number of aromatic nitrogens is 1. The number of halogens is 4. The molecule has 0 amide bonds.